The summed E-state index contributed by atoms with van der Waals surface area (Å²) in [5.74, 6) is 1.05. The summed E-state index contributed by atoms with van der Waals surface area (Å²) in [5.41, 5.74) is 0. The van der Waals surface area contributed by atoms with Gasteiger partial charge in [0.2, 0.25) is 5.91 Å². The van der Waals surface area contributed by atoms with Gasteiger partial charge in [-0.15, -0.1) is 0 Å². The molecule has 1 unspecified atom stereocenters. The van der Waals surface area contributed by atoms with Crippen LogP contribution in [0.1, 0.15) is 27.7 Å². The van der Waals surface area contributed by atoms with Crippen LogP contribution in [0.25, 0.3) is 0 Å². The van der Waals surface area contributed by atoms with Crippen LogP contribution in [0.15, 0.2) is 0 Å². The molecule has 5 heteroatoms. The molecule has 0 radical (unpaired) electrons. The average molecular weight is 288 g/mol. The number of hydrogen-bond donors (Lipinski definition) is 1. The van der Waals surface area contributed by atoms with E-state index in [1.807, 2.05) is 16.8 Å². The number of methoxy groups -OCH3 is 1. The Kier molecular flexibility index (Phi) is 9.80. The minimum Gasteiger partial charge on any atom is -0.389 e. The molecule has 20 heavy (non-hydrogen) atoms. The standard InChI is InChI=1S/C15H32N2O3/c1-12(2)7-17(8-13(3)4)15(19)10-16(5)9-14(18)11-20-6/h12-14,18H,7-11H2,1-6H3. The second-order valence-electron chi connectivity index (χ2n) is 6.39. The first kappa shape index (κ1) is 19.4. The van der Waals surface area contributed by atoms with Crippen molar-refractivity contribution in [2.24, 2.45) is 11.8 Å². The highest BCUT2D eigenvalue weighted by molar-refractivity contribution is 5.78. The van der Waals surface area contributed by atoms with E-state index in [0.717, 1.165) is 13.1 Å². The Morgan fingerprint density at radius 3 is 2.00 bits per heavy atom. The first-order valence-electron chi connectivity index (χ1n) is 7.39. The van der Waals surface area contributed by atoms with E-state index in [0.29, 0.717) is 31.5 Å². The van der Waals surface area contributed by atoms with Crippen LogP contribution in [-0.4, -0.2) is 73.9 Å². The molecule has 1 atom stereocenters. The van der Waals surface area contributed by atoms with Crippen molar-refractivity contribution in [3.63, 3.8) is 0 Å². The zero-order valence-corrected chi connectivity index (χ0v) is 13.9. The molecular weight excluding hydrogens is 256 g/mol. The highest BCUT2D eigenvalue weighted by atomic mass is 16.5. The number of likely N-dealkylation sites (N-methyl/N-ethyl adjacent to an activating group) is 1. The summed E-state index contributed by atoms with van der Waals surface area (Å²) in [6.07, 6.45) is -0.554. The van der Waals surface area contributed by atoms with E-state index in [1.165, 1.54) is 0 Å². The Labute approximate surface area is 123 Å². The second-order valence-corrected chi connectivity index (χ2v) is 6.39. The lowest BCUT2D eigenvalue weighted by molar-refractivity contribution is -0.133. The van der Waals surface area contributed by atoms with Gasteiger partial charge in [0.15, 0.2) is 0 Å². The van der Waals surface area contributed by atoms with E-state index in [4.69, 9.17) is 4.74 Å². The Balaban J connectivity index is 4.35. The number of aliphatic hydroxyl groups is 1. The topological polar surface area (TPSA) is 53.0 Å². The summed E-state index contributed by atoms with van der Waals surface area (Å²) in [7, 11) is 3.40. The Morgan fingerprint density at radius 2 is 1.60 bits per heavy atom. The average Bonchev–Trinajstić information content (AvgIpc) is 2.26. The normalized spacial score (nSPS) is 13.3. The van der Waals surface area contributed by atoms with Gasteiger partial charge in [0.05, 0.1) is 19.3 Å². The van der Waals surface area contributed by atoms with E-state index in [1.54, 1.807) is 7.11 Å². The zero-order chi connectivity index (χ0) is 15.7. The van der Waals surface area contributed by atoms with Crippen LogP contribution in [-0.2, 0) is 9.53 Å². The van der Waals surface area contributed by atoms with Gasteiger partial charge in [0.25, 0.3) is 0 Å². The number of hydrogen-bond acceptors (Lipinski definition) is 4. The van der Waals surface area contributed by atoms with Gasteiger partial charge in [-0.1, -0.05) is 27.7 Å². The first-order valence-corrected chi connectivity index (χ1v) is 7.39. The van der Waals surface area contributed by atoms with Crippen LogP contribution < -0.4 is 0 Å². The van der Waals surface area contributed by atoms with Crippen LogP contribution in [0.4, 0.5) is 0 Å². The van der Waals surface area contributed by atoms with Crippen molar-refractivity contribution >= 4 is 5.91 Å². The van der Waals surface area contributed by atoms with Crippen molar-refractivity contribution in [3.8, 4) is 0 Å². The quantitative estimate of drug-likeness (QED) is 0.653. The fraction of sp³-hybridized carbons (Fsp3) is 0.933. The molecule has 5 nitrogen and oxygen atoms in total. The number of amides is 1. The van der Waals surface area contributed by atoms with Gasteiger partial charge in [0, 0.05) is 26.7 Å². The summed E-state index contributed by atoms with van der Waals surface area (Å²) < 4.78 is 4.89. The number of ether oxygens (including phenoxy) is 1. The van der Waals surface area contributed by atoms with E-state index in [-0.39, 0.29) is 5.91 Å². The molecule has 0 rings (SSSR count). The monoisotopic (exact) mass is 288 g/mol. The second kappa shape index (κ2) is 10.1. The van der Waals surface area contributed by atoms with Crippen molar-refractivity contribution in [1.29, 1.82) is 0 Å². The number of aliphatic hydroxyl groups excluding tert-OH is 1. The van der Waals surface area contributed by atoms with Gasteiger partial charge < -0.3 is 14.7 Å². The zero-order valence-electron chi connectivity index (χ0n) is 13.9. The predicted octanol–water partition coefficient (Wildman–Crippen LogP) is 1.07. The van der Waals surface area contributed by atoms with Gasteiger partial charge in [-0.3, -0.25) is 9.69 Å². The van der Waals surface area contributed by atoms with Crippen molar-refractivity contribution in [2.75, 3.05) is 46.9 Å². The fourth-order valence-electron chi connectivity index (χ4n) is 2.16. The maximum atomic E-state index is 12.3. The van der Waals surface area contributed by atoms with Crippen LogP contribution >= 0.6 is 0 Å². The SMILES string of the molecule is COCC(O)CN(C)CC(=O)N(CC(C)C)CC(C)C. The van der Waals surface area contributed by atoms with Gasteiger partial charge in [-0.05, 0) is 18.9 Å². The molecule has 0 saturated heterocycles. The molecule has 0 bridgehead atoms. The Bertz CT molecular complexity index is 260. The highest BCUT2D eigenvalue weighted by Gasteiger charge is 2.18. The fourth-order valence-corrected chi connectivity index (χ4v) is 2.16. The summed E-state index contributed by atoms with van der Waals surface area (Å²) in [6, 6.07) is 0. The van der Waals surface area contributed by atoms with Crippen molar-refractivity contribution in [3.05, 3.63) is 0 Å². The lowest BCUT2D eigenvalue weighted by Gasteiger charge is -2.29. The maximum absolute atomic E-state index is 12.3. The smallest absolute Gasteiger partial charge is 0.236 e. The Hall–Kier alpha value is -0.650. The van der Waals surface area contributed by atoms with Crippen molar-refractivity contribution < 1.29 is 14.6 Å². The van der Waals surface area contributed by atoms with E-state index in [2.05, 4.69) is 27.7 Å². The van der Waals surface area contributed by atoms with Crippen molar-refractivity contribution in [1.82, 2.24) is 9.80 Å². The lowest BCUT2D eigenvalue weighted by atomic mass is 10.1. The number of nitrogens with zero attached hydrogens (tertiary/aromatic N) is 2. The Morgan fingerprint density at radius 1 is 1.10 bits per heavy atom. The molecule has 0 aromatic carbocycles. The minimum absolute atomic E-state index is 0.125. The van der Waals surface area contributed by atoms with E-state index >= 15 is 0 Å². The number of rotatable bonds is 10. The van der Waals surface area contributed by atoms with E-state index < -0.39 is 6.10 Å². The third-order valence-electron chi connectivity index (χ3n) is 2.81. The molecule has 0 fully saturated rings. The summed E-state index contributed by atoms with van der Waals surface area (Å²) in [6.45, 7) is 11.1. The molecule has 0 aliphatic heterocycles. The minimum atomic E-state index is -0.554. The van der Waals surface area contributed by atoms with Crippen molar-refractivity contribution in [2.45, 2.75) is 33.8 Å². The molecule has 1 N–H and O–H groups in total. The van der Waals surface area contributed by atoms with Gasteiger partial charge in [-0.2, -0.15) is 0 Å². The largest absolute Gasteiger partial charge is 0.389 e. The van der Waals surface area contributed by atoms with Gasteiger partial charge in [-0.25, -0.2) is 0 Å². The molecule has 1 amide bonds. The summed E-state index contributed by atoms with van der Waals surface area (Å²) >= 11 is 0. The van der Waals surface area contributed by atoms with Crippen LogP contribution in [0.3, 0.4) is 0 Å². The molecular formula is C15H32N2O3. The summed E-state index contributed by atoms with van der Waals surface area (Å²) in [4.78, 5) is 16.1. The molecule has 0 saturated carbocycles. The van der Waals surface area contributed by atoms with Crippen LogP contribution in [0.2, 0.25) is 0 Å². The summed E-state index contributed by atoms with van der Waals surface area (Å²) in [5, 5.41) is 9.67. The molecule has 120 valence electrons. The van der Waals surface area contributed by atoms with E-state index in [9.17, 15) is 9.90 Å². The van der Waals surface area contributed by atoms with Crippen LogP contribution in [0.5, 0.6) is 0 Å². The molecule has 0 aliphatic rings. The predicted molar refractivity (Wildman–Crippen MR) is 81.6 cm³/mol. The lowest BCUT2D eigenvalue weighted by Crippen LogP contribution is -2.44. The molecule has 0 spiro atoms. The van der Waals surface area contributed by atoms with Crippen LogP contribution in [0, 0.1) is 11.8 Å². The van der Waals surface area contributed by atoms with Gasteiger partial charge >= 0.3 is 0 Å². The first-order chi connectivity index (χ1) is 9.26. The highest BCUT2D eigenvalue weighted by Crippen LogP contribution is 2.05. The number of carbonyl (C=O) groups is 1. The molecule has 0 aromatic rings. The molecule has 0 heterocycles. The van der Waals surface area contributed by atoms with Gasteiger partial charge in [0.1, 0.15) is 0 Å². The number of carbonyl (C=O) groups excluding carboxylic acids is 1. The molecule has 0 aromatic heterocycles. The third-order valence-corrected chi connectivity index (χ3v) is 2.81. The maximum Gasteiger partial charge on any atom is 0.236 e. The third kappa shape index (κ3) is 9.28. The molecule has 0 aliphatic carbocycles.